The second-order valence-electron chi connectivity index (χ2n) is 6.91. The molecule has 0 radical (unpaired) electrons. The first-order chi connectivity index (χ1) is 13.1. The van der Waals surface area contributed by atoms with Gasteiger partial charge in [0.15, 0.2) is 6.61 Å². The number of aliphatic carboxylic acids is 1. The van der Waals surface area contributed by atoms with Crippen LogP contribution < -0.4 is 4.74 Å². The van der Waals surface area contributed by atoms with Gasteiger partial charge in [-0.05, 0) is 47.9 Å². The maximum atomic E-state index is 12.7. The van der Waals surface area contributed by atoms with Gasteiger partial charge in [-0.2, -0.15) is 13.2 Å². The Morgan fingerprint density at radius 1 is 1.14 bits per heavy atom. The molecule has 0 amide bonds. The number of carboxylic acids is 1. The highest BCUT2D eigenvalue weighted by Crippen LogP contribution is 2.36. The zero-order valence-electron chi connectivity index (χ0n) is 15.9. The molecule has 1 atom stereocenters. The Morgan fingerprint density at radius 3 is 2.29 bits per heavy atom. The van der Waals surface area contributed by atoms with E-state index in [2.05, 4.69) is 0 Å². The van der Waals surface area contributed by atoms with E-state index in [-0.39, 0.29) is 11.7 Å². The lowest BCUT2D eigenvalue weighted by atomic mass is 9.89. The zero-order chi connectivity index (χ0) is 20.9. The Kier molecular flexibility index (Phi) is 7.41. The smallest absolute Gasteiger partial charge is 0.422 e. The van der Waals surface area contributed by atoms with E-state index in [4.69, 9.17) is 4.74 Å². The molecule has 0 saturated carbocycles. The first kappa shape index (κ1) is 22.1. The van der Waals surface area contributed by atoms with Crippen LogP contribution in [0.1, 0.15) is 31.7 Å². The number of halogens is 3. The Labute approximate surface area is 166 Å². The van der Waals surface area contributed by atoms with Gasteiger partial charge in [0.25, 0.3) is 0 Å². The van der Waals surface area contributed by atoms with Gasteiger partial charge in [0.2, 0.25) is 0 Å². The molecule has 1 unspecified atom stereocenters. The quantitative estimate of drug-likeness (QED) is 0.522. The molecule has 0 heterocycles. The monoisotopic (exact) mass is 412 g/mol. The molecule has 0 aromatic heterocycles. The molecule has 1 N–H and O–H groups in total. The lowest BCUT2D eigenvalue weighted by Gasteiger charge is -2.19. The standard InChI is InChI=1S/C21H23F3O3S/c1-13(2)10-18(20(25)26)15-6-9-17(14-4-7-16(28-3)8-5-14)19(11-15)27-12-21(22,23)24/h4-9,11,13,18H,10,12H2,1-3H3,(H,25,26). The Balaban J connectivity index is 2.47. The molecular formula is C21H23F3O3S. The second-order valence-corrected chi connectivity index (χ2v) is 7.79. The van der Waals surface area contributed by atoms with Crippen molar-refractivity contribution in [2.24, 2.45) is 5.92 Å². The summed E-state index contributed by atoms with van der Waals surface area (Å²) in [6.45, 7) is 2.37. The van der Waals surface area contributed by atoms with Gasteiger partial charge >= 0.3 is 12.1 Å². The molecular weight excluding hydrogens is 389 g/mol. The van der Waals surface area contributed by atoms with Crippen molar-refractivity contribution in [3.63, 3.8) is 0 Å². The number of carbonyl (C=O) groups is 1. The number of hydrogen-bond acceptors (Lipinski definition) is 3. The minimum Gasteiger partial charge on any atom is -0.483 e. The molecule has 2 aromatic carbocycles. The molecule has 2 aromatic rings. The third-order valence-electron chi connectivity index (χ3n) is 4.21. The van der Waals surface area contributed by atoms with Crippen molar-refractivity contribution in [1.82, 2.24) is 0 Å². The molecule has 0 spiro atoms. The van der Waals surface area contributed by atoms with E-state index < -0.39 is 24.7 Å². The number of thioether (sulfide) groups is 1. The Morgan fingerprint density at radius 2 is 1.79 bits per heavy atom. The summed E-state index contributed by atoms with van der Waals surface area (Å²) < 4.78 is 43.2. The molecule has 0 aliphatic rings. The minimum absolute atomic E-state index is 0.0294. The van der Waals surface area contributed by atoms with Gasteiger partial charge in [-0.15, -0.1) is 11.8 Å². The van der Waals surface area contributed by atoms with Gasteiger partial charge in [-0.1, -0.05) is 38.1 Å². The molecule has 7 heteroatoms. The van der Waals surface area contributed by atoms with Gasteiger partial charge in [0.05, 0.1) is 5.92 Å². The van der Waals surface area contributed by atoms with E-state index in [0.29, 0.717) is 23.1 Å². The van der Waals surface area contributed by atoms with Gasteiger partial charge in [-0.3, -0.25) is 4.79 Å². The number of alkyl halides is 3. The zero-order valence-corrected chi connectivity index (χ0v) is 16.7. The molecule has 152 valence electrons. The molecule has 2 rings (SSSR count). The van der Waals surface area contributed by atoms with Crippen LogP contribution in [-0.4, -0.2) is 30.1 Å². The molecule has 0 aliphatic carbocycles. The van der Waals surface area contributed by atoms with Crippen LogP contribution in [0, 0.1) is 5.92 Å². The maximum Gasteiger partial charge on any atom is 0.422 e. The highest BCUT2D eigenvalue weighted by molar-refractivity contribution is 7.98. The fourth-order valence-electron chi connectivity index (χ4n) is 2.89. The summed E-state index contributed by atoms with van der Waals surface area (Å²) in [4.78, 5) is 12.7. The van der Waals surface area contributed by atoms with Gasteiger partial charge < -0.3 is 9.84 Å². The highest BCUT2D eigenvalue weighted by atomic mass is 32.2. The maximum absolute atomic E-state index is 12.7. The van der Waals surface area contributed by atoms with Crippen LogP contribution in [0.2, 0.25) is 0 Å². The summed E-state index contributed by atoms with van der Waals surface area (Å²) in [5.74, 6) is -1.66. The average molecular weight is 412 g/mol. The SMILES string of the molecule is CSc1ccc(-c2ccc(C(CC(C)C)C(=O)O)cc2OCC(F)(F)F)cc1. The summed E-state index contributed by atoms with van der Waals surface area (Å²) in [7, 11) is 0. The molecule has 0 aliphatic heterocycles. The van der Waals surface area contributed by atoms with Crippen LogP contribution in [-0.2, 0) is 4.79 Å². The van der Waals surface area contributed by atoms with E-state index in [0.717, 1.165) is 4.90 Å². The number of benzene rings is 2. The van der Waals surface area contributed by atoms with Crippen LogP contribution in [0.4, 0.5) is 13.2 Å². The molecule has 0 saturated heterocycles. The first-order valence-electron chi connectivity index (χ1n) is 8.81. The largest absolute Gasteiger partial charge is 0.483 e. The van der Waals surface area contributed by atoms with Crippen molar-refractivity contribution in [2.45, 2.75) is 37.3 Å². The van der Waals surface area contributed by atoms with Gasteiger partial charge in [-0.25, -0.2) is 0 Å². The third-order valence-corrected chi connectivity index (χ3v) is 4.95. The minimum atomic E-state index is -4.49. The van der Waals surface area contributed by atoms with E-state index in [1.807, 2.05) is 44.4 Å². The molecule has 28 heavy (non-hydrogen) atoms. The fraction of sp³-hybridized carbons (Fsp3) is 0.381. The Hall–Kier alpha value is -2.15. The van der Waals surface area contributed by atoms with E-state index in [9.17, 15) is 23.1 Å². The molecule has 0 fully saturated rings. The summed E-state index contributed by atoms with van der Waals surface area (Å²) in [5, 5.41) is 9.55. The summed E-state index contributed by atoms with van der Waals surface area (Å²) in [6, 6.07) is 12.1. The number of ether oxygens (including phenoxy) is 1. The second kappa shape index (κ2) is 9.37. The fourth-order valence-corrected chi connectivity index (χ4v) is 3.30. The highest BCUT2D eigenvalue weighted by Gasteiger charge is 2.29. The summed E-state index contributed by atoms with van der Waals surface area (Å²) >= 11 is 1.56. The Bertz CT molecular complexity index is 802. The molecule has 3 nitrogen and oxygen atoms in total. The predicted molar refractivity (Wildman–Crippen MR) is 105 cm³/mol. The summed E-state index contributed by atoms with van der Waals surface area (Å²) in [5.41, 5.74) is 1.63. The van der Waals surface area contributed by atoms with Crippen LogP contribution in [0.15, 0.2) is 47.4 Å². The van der Waals surface area contributed by atoms with Crippen molar-refractivity contribution < 1.29 is 27.8 Å². The van der Waals surface area contributed by atoms with Gasteiger partial charge in [0, 0.05) is 10.5 Å². The van der Waals surface area contributed by atoms with Crippen LogP contribution in [0.3, 0.4) is 0 Å². The van der Waals surface area contributed by atoms with Crippen LogP contribution >= 0.6 is 11.8 Å². The van der Waals surface area contributed by atoms with E-state index in [1.165, 1.54) is 6.07 Å². The number of carboxylic acid groups (broad SMARTS) is 1. The summed E-state index contributed by atoms with van der Waals surface area (Å²) in [6.07, 6.45) is -2.17. The third kappa shape index (κ3) is 6.19. The normalized spacial score (nSPS) is 12.8. The lowest BCUT2D eigenvalue weighted by Crippen LogP contribution is -2.20. The van der Waals surface area contributed by atoms with Crippen LogP contribution in [0.5, 0.6) is 5.75 Å². The van der Waals surface area contributed by atoms with Crippen molar-refractivity contribution in [3.05, 3.63) is 48.0 Å². The van der Waals surface area contributed by atoms with Crippen molar-refractivity contribution in [3.8, 4) is 16.9 Å². The lowest BCUT2D eigenvalue weighted by molar-refractivity contribution is -0.153. The topological polar surface area (TPSA) is 46.5 Å². The number of rotatable bonds is 8. The predicted octanol–water partition coefficient (Wildman–Crippen LogP) is 6.23. The number of hydrogen-bond donors (Lipinski definition) is 1. The van der Waals surface area contributed by atoms with Crippen molar-refractivity contribution in [1.29, 1.82) is 0 Å². The van der Waals surface area contributed by atoms with Crippen LogP contribution in [0.25, 0.3) is 11.1 Å². The van der Waals surface area contributed by atoms with E-state index >= 15 is 0 Å². The molecule has 0 bridgehead atoms. The first-order valence-corrected chi connectivity index (χ1v) is 10.0. The van der Waals surface area contributed by atoms with Gasteiger partial charge in [0.1, 0.15) is 5.75 Å². The van der Waals surface area contributed by atoms with E-state index in [1.54, 1.807) is 23.9 Å². The van der Waals surface area contributed by atoms with Crippen molar-refractivity contribution in [2.75, 3.05) is 12.9 Å². The van der Waals surface area contributed by atoms with Crippen molar-refractivity contribution >= 4 is 17.7 Å². The average Bonchev–Trinajstić information content (AvgIpc) is 2.63.